The summed E-state index contributed by atoms with van der Waals surface area (Å²) in [5.74, 6) is -0.259. The first kappa shape index (κ1) is 23.8. The average molecular weight is 324 g/mol. The van der Waals surface area contributed by atoms with Gasteiger partial charge in [-0.3, -0.25) is 19.9 Å². The van der Waals surface area contributed by atoms with Crippen LogP contribution in [0.2, 0.25) is 12.6 Å². The van der Waals surface area contributed by atoms with Gasteiger partial charge in [-0.15, -0.1) is 0 Å². The second-order valence-electron chi connectivity index (χ2n) is 2.73. The second-order valence-corrected chi connectivity index (χ2v) is 4.51. The zero-order chi connectivity index (χ0) is 15.5. The van der Waals surface area contributed by atoms with Crippen molar-refractivity contribution in [2.75, 3.05) is 13.2 Å². The minimum atomic E-state index is -0.361. The number of hydrogen-bond acceptors (Lipinski definition) is 6. The van der Waals surface area contributed by atoms with Gasteiger partial charge in [-0.1, -0.05) is 16.5 Å². The maximum absolute atomic E-state index is 10.1. The highest BCUT2D eigenvalue weighted by Gasteiger charge is 1.91. The summed E-state index contributed by atoms with van der Waals surface area (Å²) in [5, 5.41) is 20.9. The Morgan fingerprint density at radius 1 is 1.21 bits per heavy atom. The molecule has 0 aliphatic heterocycles. The molecule has 0 saturated carbocycles. The van der Waals surface area contributed by atoms with E-state index in [1.165, 1.54) is 13.8 Å². The van der Waals surface area contributed by atoms with Crippen LogP contribution >= 0.6 is 28.1 Å². The van der Waals surface area contributed by atoms with Crippen LogP contribution in [-0.2, 0) is 14.3 Å². The minimum absolute atomic E-state index is 0.172. The van der Waals surface area contributed by atoms with E-state index in [1.54, 1.807) is 14.0 Å². The third-order valence-electron chi connectivity index (χ3n) is 0.993. The molecule has 0 atom stereocenters. The van der Waals surface area contributed by atoms with Crippen LogP contribution in [0.15, 0.2) is 0 Å². The highest BCUT2D eigenvalue weighted by Crippen LogP contribution is 1.93. The van der Waals surface area contributed by atoms with Crippen LogP contribution in [0.3, 0.4) is 0 Å². The molecule has 3 N–H and O–H groups in total. The summed E-state index contributed by atoms with van der Waals surface area (Å²) in [6.07, 6.45) is 1.32. The van der Waals surface area contributed by atoms with Crippen molar-refractivity contribution >= 4 is 53.3 Å². The summed E-state index contributed by atoms with van der Waals surface area (Å²) in [4.78, 5) is 19.3. The summed E-state index contributed by atoms with van der Waals surface area (Å²) in [6, 6.07) is 0. The lowest BCUT2D eigenvalue weighted by molar-refractivity contribution is -0.140. The maximum Gasteiger partial charge on any atom is 0.302 e. The molecule has 0 unspecified atom stereocenters. The molecule has 0 amide bonds. The number of esters is 1. The number of aliphatic hydroxyl groups is 1. The molecule has 0 aliphatic rings. The fourth-order valence-corrected chi connectivity index (χ4v) is 0.921. The predicted molar refractivity (Wildman–Crippen MR) is 80.7 cm³/mol. The number of carbonyl (C=O) groups excluding carboxylic acids is 2. The van der Waals surface area contributed by atoms with E-state index in [0.29, 0.717) is 35.7 Å². The van der Waals surface area contributed by atoms with Gasteiger partial charge in [0.15, 0.2) is 0 Å². The Morgan fingerprint density at radius 3 is 1.89 bits per heavy atom. The van der Waals surface area contributed by atoms with E-state index in [1.807, 2.05) is 0 Å². The van der Waals surface area contributed by atoms with Gasteiger partial charge in [0, 0.05) is 20.5 Å². The van der Waals surface area contributed by atoms with E-state index in [0.717, 1.165) is 0 Å². The van der Waals surface area contributed by atoms with Crippen LogP contribution in [-0.4, -0.2) is 43.5 Å². The minimum Gasteiger partial charge on any atom is -0.467 e. The van der Waals surface area contributed by atoms with Gasteiger partial charge in [-0.05, 0) is 24.2 Å². The summed E-state index contributed by atoms with van der Waals surface area (Å²) < 4.78 is 4.59. The van der Waals surface area contributed by atoms with Gasteiger partial charge in [0.25, 0.3) is 0 Å². The molecular formula is C8H17B2ClN2O4P2. The fourth-order valence-electron chi connectivity index (χ4n) is 0.442. The van der Waals surface area contributed by atoms with Gasteiger partial charge >= 0.3 is 5.97 Å². The maximum atomic E-state index is 10.1. The van der Waals surface area contributed by atoms with Crippen molar-refractivity contribution in [1.29, 1.82) is 10.3 Å². The first-order valence-corrected chi connectivity index (χ1v) is 7.49. The Kier molecular flexibility index (Phi) is 28.6. The van der Waals surface area contributed by atoms with Gasteiger partial charge in [0.05, 0.1) is 6.61 Å². The zero-order valence-corrected chi connectivity index (χ0v) is 13.5. The van der Waals surface area contributed by atoms with Crippen LogP contribution in [0, 0.1) is 10.3 Å². The molecule has 0 aromatic rings. The van der Waals surface area contributed by atoms with Gasteiger partial charge in [0.1, 0.15) is 0 Å². The number of carbonyl (C=O) groups is 2. The summed E-state index contributed by atoms with van der Waals surface area (Å²) in [6.45, 7) is 6.66. The molecule has 0 saturated heterocycles. The standard InChI is InChI=1S/C4H8BNO2P.C2H6BNOP.C2H3ClO/c1-4(7)8-3-2-5-9-6;4-6-3-1-2-5;1-2(3)4/h6H,2-3H2,1H3;4-5H,1-2H2;1H3. The molecular weight excluding hydrogens is 307 g/mol. The van der Waals surface area contributed by atoms with Crippen LogP contribution in [0.5, 0.6) is 0 Å². The monoisotopic (exact) mass is 324 g/mol. The molecule has 0 rings (SSSR count). The number of aliphatic hydroxyl groups excluding tert-OH is 1. The van der Waals surface area contributed by atoms with E-state index in [4.69, 9.17) is 15.4 Å². The normalized spacial score (nSPS) is 8.42. The van der Waals surface area contributed by atoms with Crippen molar-refractivity contribution in [3.63, 3.8) is 0 Å². The molecule has 106 valence electrons. The lowest BCUT2D eigenvalue weighted by atomic mass is 10.0. The van der Waals surface area contributed by atoms with E-state index in [-0.39, 0.29) is 17.8 Å². The van der Waals surface area contributed by atoms with E-state index in [2.05, 4.69) is 16.3 Å². The predicted octanol–water partition coefficient (Wildman–Crippen LogP) is 2.79. The van der Waals surface area contributed by atoms with Gasteiger partial charge in [0.2, 0.25) is 19.2 Å². The quantitative estimate of drug-likeness (QED) is 0.220. The third kappa shape index (κ3) is 57.6. The first-order valence-electron chi connectivity index (χ1n) is 5.19. The topological polar surface area (TPSA) is 111 Å². The molecule has 0 heterocycles. The fraction of sp³-hybridized carbons (Fsp3) is 0.750. The summed E-state index contributed by atoms with van der Waals surface area (Å²) in [5.41, 5.74) is 0. The largest absolute Gasteiger partial charge is 0.467 e. The first-order chi connectivity index (χ1) is 8.92. The van der Waals surface area contributed by atoms with E-state index in [9.17, 15) is 9.59 Å². The number of ether oxygens (including phenoxy) is 1. The average Bonchev–Trinajstić information content (AvgIpc) is 2.32. The molecule has 11 heteroatoms. The van der Waals surface area contributed by atoms with Crippen molar-refractivity contribution in [2.24, 2.45) is 0 Å². The van der Waals surface area contributed by atoms with Crippen LogP contribution in [0.4, 0.5) is 0 Å². The highest BCUT2D eigenvalue weighted by atomic mass is 35.5. The third-order valence-corrected chi connectivity index (χ3v) is 1.87. The van der Waals surface area contributed by atoms with E-state index >= 15 is 0 Å². The molecule has 0 aromatic carbocycles. The zero-order valence-electron chi connectivity index (χ0n) is 10.9. The van der Waals surface area contributed by atoms with Gasteiger partial charge in [-0.2, -0.15) is 0 Å². The van der Waals surface area contributed by atoms with Crippen LogP contribution in [0.1, 0.15) is 13.8 Å². The molecule has 19 heavy (non-hydrogen) atoms. The Bertz CT molecular complexity index is 259. The Balaban J connectivity index is -0.000000222. The van der Waals surface area contributed by atoms with Gasteiger partial charge < -0.3 is 9.84 Å². The smallest absolute Gasteiger partial charge is 0.302 e. The molecule has 0 aliphatic carbocycles. The molecule has 6 nitrogen and oxygen atoms in total. The number of rotatable bonds is 7. The molecule has 2 radical (unpaired) electrons. The van der Waals surface area contributed by atoms with Crippen LogP contribution < -0.4 is 0 Å². The van der Waals surface area contributed by atoms with Crippen LogP contribution in [0.25, 0.3) is 0 Å². The number of nitrogens with one attached hydrogen (secondary N) is 2. The van der Waals surface area contributed by atoms with Crippen molar-refractivity contribution in [3.8, 4) is 0 Å². The Hall–Kier alpha value is -0.280. The van der Waals surface area contributed by atoms with E-state index < -0.39 is 0 Å². The number of halogens is 1. The van der Waals surface area contributed by atoms with Crippen molar-refractivity contribution in [3.05, 3.63) is 0 Å². The summed E-state index contributed by atoms with van der Waals surface area (Å²) >= 11 is 4.64. The lowest BCUT2D eigenvalue weighted by Crippen LogP contribution is -2.00. The molecule has 0 aromatic heterocycles. The number of hydrogen-bond donors (Lipinski definition) is 3. The highest BCUT2D eigenvalue weighted by molar-refractivity contribution is 7.62. The molecule has 0 spiro atoms. The van der Waals surface area contributed by atoms with Gasteiger partial charge in [-0.25, -0.2) is 0 Å². The lowest BCUT2D eigenvalue weighted by Gasteiger charge is -1.95. The SMILES string of the molecule is CC(=O)Cl.CC(=O)OCC[B]P=N.N=P[B]CCO. The Morgan fingerprint density at radius 2 is 1.63 bits per heavy atom. The second kappa shape index (κ2) is 22.9. The molecule has 0 bridgehead atoms. The Labute approximate surface area is 123 Å². The van der Waals surface area contributed by atoms with Crippen molar-refractivity contribution < 1.29 is 19.4 Å². The summed E-state index contributed by atoms with van der Waals surface area (Å²) in [7, 11) is 1.00. The van der Waals surface area contributed by atoms with Crippen molar-refractivity contribution in [2.45, 2.75) is 26.5 Å². The van der Waals surface area contributed by atoms with Crippen molar-refractivity contribution in [1.82, 2.24) is 0 Å². The molecule has 0 fully saturated rings.